The number of ketones is 1. The summed E-state index contributed by atoms with van der Waals surface area (Å²) >= 11 is 0. The number of aliphatic hydroxyl groups is 1. The SMILES string of the molecule is CCc1ccc(N2C(=O)C(O)=C(C(=O)CC(C)C)C2c2cccnc2)cc1. The molecule has 1 aliphatic heterocycles. The van der Waals surface area contributed by atoms with Gasteiger partial charge in [0.2, 0.25) is 0 Å². The van der Waals surface area contributed by atoms with Crippen LogP contribution in [-0.4, -0.2) is 21.8 Å². The van der Waals surface area contributed by atoms with Crippen molar-refractivity contribution in [3.63, 3.8) is 0 Å². The number of amides is 1. The maximum Gasteiger partial charge on any atom is 0.294 e. The highest BCUT2D eigenvalue weighted by Gasteiger charge is 2.44. The Bertz CT molecular complexity index is 870. The van der Waals surface area contributed by atoms with Crippen LogP contribution in [0.25, 0.3) is 0 Å². The lowest BCUT2D eigenvalue weighted by Gasteiger charge is -2.27. The fourth-order valence-corrected chi connectivity index (χ4v) is 3.38. The number of anilines is 1. The number of carbonyl (C=O) groups excluding carboxylic acids is 2. The predicted molar refractivity (Wildman–Crippen MR) is 104 cm³/mol. The molecule has 140 valence electrons. The summed E-state index contributed by atoms with van der Waals surface area (Å²) in [5.74, 6) is -1.10. The molecule has 0 saturated heterocycles. The van der Waals surface area contributed by atoms with E-state index in [0.717, 1.165) is 12.0 Å². The van der Waals surface area contributed by atoms with Gasteiger partial charge in [-0.05, 0) is 41.7 Å². The fourth-order valence-electron chi connectivity index (χ4n) is 3.38. The second-order valence-electron chi connectivity index (χ2n) is 7.17. The Balaban J connectivity index is 2.10. The van der Waals surface area contributed by atoms with Crippen molar-refractivity contribution < 1.29 is 14.7 Å². The molecule has 27 heavy (non-hydrogen) atoms. The zero-order valence-electron chi connectivity index (χ0n) is 15.8. The summed E-state index contributed by atoms with van der Waals surface area (Å²) in [5.41, 5.74) is 2.64. The van der Waals surface area contributed by atoms with Crippen LogP contribution in [0.4, 0.5) is 5.69 Å². The van der Waals surface area contributed by atoms with Crippen LogP contribution in [0.1, 0.15) is 44.4 Å². The summed E-state index contributed by atoms with van der Waals surface area (Å²) in [6.07, 6.45) is 4.43. The van der Waals surface area contributed by atoms with Gasteiger partial charge in [0, 0.05) is 24.5 Å². The number of carbonyl (C=O) groups is 2. The third kappa shape index (κ3) is 3.63. The van der Waals surface area contributed by atoms with Crippen molar-refractivity contribution in [1.82, 2.24) is 4.98 Å². The number of rotatable bonds is 6. The molecule has 1 atom stereocenters. The normalized spacial score (nSPS) is 17.1. The number of aryl methyl sites for hydroxylation is 1. The first kappa shape index (κ1) is 18.8. The number of hydrogen-bond acceptors (Lipinski definition) is 4. The Kier molecular flexibility index (Phi) is 5.40. The minimum Gasteiger partial charge on any atom is -0.503 e. The molecule has 0 spiro atoms. The predicted octanol–water partition coefficient (Wildman–Crippen LogP) is 4.16. The van der Waals surface area contributed by atoms with Gasteiger partial charge >= 0.3 is 0 Å². The van der Waals surface area contributed by atoms with E-state index in [0.29, 0.717) is 11.3 Å². The van der Waals surface area contributed by atoms with Gasteiger partial charge < -0.3 is 5.11 Å². The van der Waals surface area contributed by atoms with Crippen LogP contribution in [0.2, 0.25) is 0 Å². The highest BCUT2D eigenvalue weighted by Crippen LogP contribution is 2.41. The van der Waals surface area contributed by atoms with Crippen LogP contribution in [-0.2, 0) is 16.0 Å². The van der Waals surface area contributed by atoms with E-state index >= 15 is 0 Å². The van der Waals surface area contributed by atoms with Crippen LogP contribution in [0, 0.1) is 5.92 Å². The van der Waals surface area contributed by atoms with Crippen molar-refractivity contribution >= 4 is 17.4 Å². The summed E-state index contributed by atoms with van der Waals surface area (Å²) in [6, 6.07) is 10.5. The van der Waals surface area contributed by atoms with Gasteiger partial charge in [0.1, 0.15) is 0 Å². The first-order valence-electron chi connectivity index (χ1n) is 9.22. The van der Waals surface area contributed by atoms with E-state index in [-0.39, 0.29) is 23.7 Å². The number of hydrogen-bond donors (Lipinski definition) is 1. The van der Waals surface area contributed by atoms with Crippen molar-refractivity contribution in [2.24, 2.45) is 5.92 Å². The van der Waals surface area contributed by atoms with E-state index in [1.807, 2.05) is 44.2 Å². The Hall–Kier alpha value is -2.95. The van der Waals surface area contributed by atoms with Crippen LogP contribution >= 0.6 is 0 Å². The number of aromatic nitrogens is 1. The standard InChI is InChI=1S/C22H24N2O3/c1-4-15-7-9-17(10-8-15)24-20(16-6-5-11-23-13-16)19(21(26)22(24)27)18(25)12-14(2)3/h5-11,13-14,20,26H,4,12H2,1-3H3. The minimum absolute atomic E-state index is 0.125. The van der Waals surface area contributed by atoms with Crippen molar-refractivity contribution in [3.05, 3.63) is 71.3 Å². The molecular weight excluding hydrogens is 340 g/mol. The number of pyridine rings is 1. The zero-order chi connectivity index (χ0) is 19.6. The van der Waals surface area contributed by atoms with Gasteiger partial charge in [-0.3, -0.25) is 19.5 Å². The molecule has 0 aliphatic carbocycles. The lowest BCUT2D eigenvalue weighted by molar-refractivity contribution is -0.118. The van der Waals surface area contributed by atoms with Crippen LogP contribution in [0.3, 0.4) is 0 Å². The summed E-state index contributed by atoms with van der Waals surface area (Å²) in [6.45, 7) is 5.93. The molecule has 2 heterocycles. The molecule has 5 nitrogen and oxygen atoms in total. The third-order valence-corrected chi connectivity index (χ3v) is 4.73. The molecule has 1 aliphatic rings. The van der Waals surface area contributed by atoms with Gasteiger partial charge in [-0.2, -0.15) is 0 Å². The topological polar surface area (TPSA) is 70.5 Å². The molecule has 1 aromatic heterocycles. The van der Waals surface area contributed by atoms with Crippen LogP contribution < -0.4 is 4.90 Å². The number of nitrogens with zero attached hydrogens (tertiary/aromatic N) is 2. The second kappa shape index (κ2) is 7.74. The molecule has 0 bridgehead atoms. The molecule has 0 radical (unpaired) electrons. The second-order valence-corrected chi connectivity index (χ2v) is 7.17. The minimum atomic E-state index is -0.676. The number of benzene rings is 1. The lowest BCUT2D eigenvalue weighted by atomic mass is 9.92. The maximum absolute atomic E-state index is 12.9. The smallest absolute Gasteiger partial charge is 0.294 e. The van der Waals surface area contributed by atoms with E-state index in [4.69, 9.17) is 0 Å². The number of Topliss-reactive ketones (excluding diaryl/α,β-unsaturated/α-hetero) is 1. The molecule has 0 saturated carbocycles. The van der Waals surface area contributed by atoms with Crippen molar-refractivity contribution in [2.75, 3.05) is 4.90 Å². The first-order valence-corrected chi connectivity index (χ1v) is 9.22. The summed E-state index contributed by atoms with van der Waals surface area (Å²) in [7, 11) is 0. The van der Waals surface area contributed by atoms with Gasteiger partial charge in [0.05, 0.1) is 11.6 Å². The monoisotopic (exact) mass is 364 g/mol. The summed E-state index contributed by atoms with van der Waals surface area (Å²) < 4.78 is 0. The fraction of sp³-hybridized carbons (Fsp3) is 0.318. The van der Waals surface area contributed by atoms with Gasteiger partial charge in [0.15, 0.2) is 11.5 Å². The quantitative estimate of drug-likeness (QED) is 0.835. The molecule has 1 amide bonds. The van der Waals surface area contributed by atoms with Crippen molar-refractivity contribution in [1.29, 1.82) is 0 Å². The molecule has 1 N–H and O–H groups in total. The molecule has 1 aromatic carbocycles. The third-order valence-electron chi connectivity index (χ3n) is 4.73. The van der Waals surface area contributed by atoms with Crippen LogP contribution in [0.5, 0.6) is 0 Å². The van der Waals surface area contributed by atoms with Gasteiger partial charge in [-0.15, -0.1) is 0 Å². The zero-order valence-corrected chi connectivity index (χ0v) is 15.8. The van der Waals surface area contributed by atoms with E-state index in [2.05, 4.69) is 11.9 Å². The summed E-state index contributed by atoms with van der Waals surface area (Å²) in [5, 5.41) is 10.6. The van der Waals surface area contributed by atoms with E-state index in [1.165, 1.54) is 4.90 Å². The first-order chi connectivity index (χ1) is 12.9. The Morgan fingerprint density at radius 2 is 1.93 bits per heavy atom. The van der Waals surface area contributed by atoms with Crippen molar-refractivity contribution in [2.45, 2.75) is 39.7 Å². The van der Waals surface area contributed by atoms with Crippen LogP contribution in [0.15, 0.2) is 60.1 Å². The molecule has 0 fully saturated rings. The molecular formula is C22H24N2O3. The molecule has 1 unspecified atom stereocenters. The Morgan fingerprint density at radius 1 is 1.22 bits per heavy atom. The molecule has 2 aromatic rings. The molecule has 5 heteroatoms. The van der Waals surface area contributed by atoms with Gasteiger partial charge in [-0.1, -0.05) is 39.0 Å². The highest BCUT2D eigenvalue weighted by atomic mass is 16.3. The van der Waals surface area contributed by atoms with E-state index < -0.39 is 17.7 Å². The largest absolute Gasteiger partial charge is 0.503 e. The summed E-state index contributed by atoms with van der Waals surface area (Å²) in [4.78, 5) is 31.4. The molecule has 3 rings (SSSR count). The maximum atomic E-state index is 12.9. The van der Waals surface area contributed by atoms with E-state index in [1.54, 1.807) is 18.5 Å². The van der Waals surface area contributed by atoms with Gasteiger partial charge in [-0.25, -0.2) is 0 Å². The average Bonchev–Trinajstić information content (AvgIpc) is 2.93. The lowest BCUT2D eigenvalue weighted by Crippen LogP contribution is -2.31. The number of aliphatic hydroxyl groups excluding tert-OH is 1. The Labute approximate surface area is 159 Å². The van der Waals surface area contributed by atoms with Crippen molar-refractivity contribution in [3.8, 4) is 0 Å². The van der Waals surface area contributed by atoms with E-state index in [9.17, 15) is 14.7 Å². The average molecular weight is 364 g/mol. The highest BCUT2D eigenvalue weighted by molar-refractivity contribution is 6.16. The Morgan fingerprint density at radius 3 is 2.48 bits per heavy atom. The van der Waals surface area contributed by atoms with Gasteiger partial charge in [0.25, 0.3) is 5.91 Å².